The summed E-state index contributed by atoms with van der Waals surface area (Å²) in [7, 11) is 0. The Hall–Kier alpha value is -2.01. The molecule has 104 valence electrons. The van der Waals surface area contributed by atoms with E-state index in [1.807, 2.05) is 0 Å². The first-order chi connectivity index (χ1) is 9.16. The van der Waals surface area contributed by atoms with Gasteiger partial charge in [0.15, 0.2) is 6.61 Å². The molecule has 0 aromatic carbocycles. The van der Waals surface area contributed by atoms with E-state index in [2.05, 4.69) is 17.9 Å². The maximum absolute atomic E-state index is 11.2. The first kappa shape index (κ1) is 17.0. The molecule has 0 atom stereocenters. The molecule has 0 fully saturated rings. The van der Waals surface area contributed by atoms with Crippen LogP contribution in [0.2, 0.25) is 0 Å². The van der Waals surface area contributed by atoms with E-state index in [0.717, 1.165) is 12.8 Å². The number of hydrogen-bond acceptors (Lipinski definition) is 4. The first-order valence-corrected chi connectivity index (χ1v) is 6.37. The number of carboxylic acids is 1. The Kier molecular flexibility index (Phi) is 11.1. The molecule has 5 nitrogen and oxygen atoms in total. The van der Waals surface area contributed by atoms with Gasteiger partial charge in [-0.15, -0.1) is 0 Å². The molecular formula is C14H19NO4. The van der Waals surface area contributed by atoms with Gasteiger partial charge in [-0.2, -0.15) is 5.26 Å². The summed E-state index contributed by atoms with van der Waals surface area (Å²) in [6.07, 6.45) is 4.29. The molecule has 0 spiro atoms. The zero-order valence-electron chi connectivity index (χ0n) is 11.0. The average molecular weight is 265 g/mol. The van der Waals surface area contributed by atoms with Gasteiger partial charge in [0.1, 0.15) is 0 Å². The van der Waals surface area contributed by atoms with Crippen molar-refractivity contribution < 1.29 is 19.4 Å². The third-order valence-corrected chi connectivity index (χ3v) is 2.29. The number of esters is 1. The van der Waals surface area contributed by atoms with Crippen molar-refractivity contribution >= 4 is 11.9 Å². The Morgan fingerprint density at radius 2 is 1.68 bits per heavy atom. The normalized spacial score (nSPS) is 9.00. The van der Waals surface area contributed by atoms with Gasteiger partial charge in [-0.3, -0.25) is 9.59 Å². The second kappa shape index (κ2) is 12.4. The van der Waals surface area contributed by atoms with E-state index in [4.69, 9.17) is 15.1 Å². The third-order valence-electron chi connectivity index (χ3n) is 2.29. The fraction of sp³-hybridized carbons (Fsp3) is 0.643. The molecule has 0 bridgehead atoms. The molecule has 0 amide bonds. The van der Waals surface area contributed by atoms with Gasteiger partial charge < -0.3 is 9.84 Å². The molecule has 19 heavy (non-hydrogen) atoms. The molecule has 0 unspecified atom stereocenters. The highest BCUT2D eigenvalue weighted by atomic mass is 16.5. The van der Waals surface area contributed by atoms with Crippen molar-refractivity contribution in [2.24, 2.45) is 0 Å². The number of nitriles is 1. The number of rotatable bonds is 9. The standard InChI is InChI=1S/C14H19NO4/c15-11-7-3-1-2-4-8-12-19-14(18)10-6-5-9-13(16)17/h1-3,5-7,9-10,12H2,(H,16,17). The van der Waals surface area contributed by atoms with E-state index in [1.54, 1.807) is 0 Å². The molecule has 1 N–H and O–H groups in total. The van der Waals surface area contributed by atoms with Gasteiger partial charge in [-0.05, 0) is 25.7 Å². The summed E-state index contributed by atoms with van der Waals surface area (Å²) in [5.41, 5.74) is 0. The first-order valence-electron chi connectivity index (χ1n) is 6.37. The van der Waals surface area contributed by atoms with Crippen LogP contribution in [0.15, 0.2) is 0 Å². The van der Waals surface area contributed by atoms with Crippen LogP contribution in [0.25, 0.3) is 0 Å². The molecule has 0 aromatic rings. The van der Waals surface area contributed by atoms with Crippen LogP contribution in [0.3, 0.4) is 0 Å². The van der Waals surface area contributed by atoms with Crippen molar-refractivity contribution in [3.05, 3.63) is 0 Å². The highest BCUT2D eigenvalue weighted by molar-refractivity contribution is 5.70. The Morgan fingerprint density at radius 3 is 2.37 bits per heavy atom. The van der Waals surface area contributed by atoms with Gasteiger partial charge in [-0.25, -0.2) is 0 Å². The number of unbranched alkanes of at least 4 members (excludes halogenated alkanes) is 4. The maximum Gasteiger partial charge on any atom is 0.306 e. The highest BCUT2D eigenvalue weighted by Gasteiger charge is 2.02. The molecule has 0 aliphatic carbocycles. The number of hydrogen-bond donors (Lipinski definition) is 1. The minimum Gasteiger partial charge on any atom is -0.481 e. The molecule has 0 aromatic heterocycles. The monoisotopic (exact) mass is 265 g/mol. The van der Waals surface area contributed by atoms with Crippen LogP contribution in [0.1, 0.15) is 51.4 Å². The Balaban J connectivity index is 3.40. The summed E-state index contributed by atoms with van der Waals surface area (Å²) in [5.74, 6) is 4.40. The predicted molar refractivity (Wildman–Crippen MR) is 68.9 cm³/mol. The lowest BCUT2D eigenvalue weighted by molar-refractivity contribution is -0.143. The number of carbonyl (C=O) groups excluding carboxylic acids is 1. The summed E-state index contributed by atoms with van der Waals surface area (Å²) < 4.78 is 4.86. The van der Waals surface area contributed by atoms with Crippen LogP contribution >= 0.6 is 0 Å². The van der Waals surface area contributed by atoms with Crippen LogP contribution in [-0.4, -0.2) is 23.7 Å². The SMILES string of the molecule is N#CCCCCC#CCOC(=O)CCCCC(=O)O. The van der Waals surface area contributed by atoms with Gasteiger partial charge in [0.25, 0.3) is 0 Å². The van der Waals surface area contributed by atoms with Crippen LogP contribution < -0.4 is 0 Å². The lowest BCUT2D eigenvalue weighted by atomic mass is 10.2. The summed E-state index contributed by atoms with van der Waals surface area (Å²) in [6.45, 7) is 0.0794. The molecule has 0 aliphatic heterocycles. The number of aliphatic carboxylic acids is 1. The van der Waals surface area contributed by atoms with E-state index in [1.165, 1.54) is 0 Å². The quantitative estimate of drug-likeness (QED) is 0.392. The van der Waals surface area contributed by atoms with Crippen LogP contribution in [0, 0.1) is 23.2 Å². The maximum atomic E-state index is 11.2. The molecular weight excluding hydrogens is 246 g/mol. The van der Waals surface area contributed by atoms with Crippen molar-refractivity contribution in [1.82, 2.24) is 0 Å². The summed E-state index contributed by atoms with van der Waals surface area (Å²) in [5, 5.41) is 16.7. The summed E-state index contributed by atoms with van der Waals surface area (Å²) in [6, 6.07) is 2.06. The van der Waals surface area contributed by atoms with Crippen molar-refractivity contribution in [3.8, 4) is 17.9 Å². The second-order valence-corrected chi connectivity index (χ2v) is 3.98. The van der Waals surface area contributed by atoms with E-state index in [0.29, 0.717) is 25.7 Å². The van der Waals surface area contributed by atoms with Crippen molar-refractivity contribution in [2.45, 2.75) is 51.4 Å². The fourth-order valence-electron chi connectivity index (χ4n) is 1.29. The molecule has 0 saturated carbocycles. The average Bonchev–Trinajstić information content (AvgIpc) is 2.37. The van der Waals surface area contributed by atoms with Crippen LogP contribution in [0.4, 0.5) is 0 Å². The van der Waals surface area contributed by atoms with Gasteiger partial charge in [0.2, 0.25) is 0 Å². The molecule has 0 rings (SSSR count). The summed E-state index contributed by atoms with van der Waals surface area (Å²) in [4.78, 5) is 21.4. The smallest absolute Gasteiger partial charge is 0.306 e. The Labute approximate surface area is 113 Å². The van der Waals surface area contributed by atoms with E-state index < -0.39 is 5.97 Å². The minimum atomic E-state index is -0.851. The van der Waals surface area contributed by atoms with E-state index in [-0.39, 0.29) is 25.4 Å². The van der Waals surface area contributed by atoms with E-state index >= 15 is 0 Å². The zero-order valence-corrected chi connectivity index (χ0v) is 11.0. The van der Waals surface area contributed by atoms with Gasteiger partial charge in [0, 0.05) is 25.7 Å². The molecule has 5 heteroatoms. The predicted octanol–water partition coefficient (Wildman–Crippen LogP) is 2.26. The molecule has 0 aliphatic rings. The minimum absolute atomic E-state index is 0.0791. The fourth-order valence-corrected chi connectivity index (χ4v) is 1.29. The summed E-state index contributed by atoms with van der Waals surface area (Å²) >= 11 is 0. The molecule has 0 heterocycles. The molecule has 0 radical (unpaired) electrons. The van der Waals surface area contributed by atoms with Crippen molar-refractivity contribution in [1.29, 1.82) is 5.26 Å². The number of carboxylic acid groups (broad SMARTS) is 1. The van der Waals surface area contributed by atoms with Crippen LogP contribution in [0.5, 0.6) is 0 Å². The zero-order chi connectivity index (χ0) is 14.3. The largest absolute Gasteiger partial charge is 0.481 e. The lowest BCUT2D eigenvalue weighted by Crippen LogP contribution is -2.05. The molecule has 0 saturated heterocycles. The number of carbonyl (C=O) groups is 2. The number of ether oxygens (including phenoxy) is 1. The van der Waals surface area contributed by atoms with Gasteiger partial charge in [-0.1, -0.05) is 11.8 Å². The van der Waals surface area contributed by atoms with Crippen molar-refractivity contribution in [2.75, 3.05) is 6.61 Å². The van der Waals surface area contributed by atoms with Crippen LogP contribution in [-0.2, 0) is 14.3 Å². The number of nitrogens with zero attached hydrogens (tertiary/aromatic N) is 1. The van der Waals surface area contributed by atoms with Gasteiger partial charge >= 0.3 is 11.9 Å². The lowest BCUT2D eigenvalue weighted by Gasteiger charge is -1.99. The van der Waals surface area contributed by atoms with E-state index in [9.17, 15) is 9.59 Å². The Morgan fingerprint density at radius 1 is 1.00 bits per heavy atom. The van der Waals surface area contributed by atoms with Gasteiger partial charge in [0.05, 0.1) is 6.07 Å². The topological polar surface area (TPSA) is 87.4 Å². The Bertz CT molecular complexity index is 373. The third kappa shape index (κ3) is 13.9. The second-order valence-electron chi connectivity index (χ2n) is 3.98. The highest BCUT2D eigenvalue weighted by Crippen LogP contribution is 2.01. The van der Waals surface area contributed by atoms with Crippen molar-refractivity contribution in [3.63, 3.8) is 0 Å².